The summed E-state index contributed by atoms with van der Waals surface area (Å²) in [5.74, 6) is 0.514. The number of hydrogen-bond donors (Lipinski definition) is 1. The minimum absolute atomic E-state index is 0.0279. The summed E-state index contributed by atoms with van der Waals surface area (Å²) < 4.78 is 32.2. The van der Waals surface area contributed by atoms with E-state index in [0.29, 0.717) is 5.76 Å². The third-order valence-electron chi connectivity index (χ3n) is 4.44. The summed E-state index contributed by atoms with van der Waals surface area (Å²) >= 11 is 0. The van der Waals surface area contributed by atoms with Gasteiger partial charge in [0, 0.05) is 32.3 Å². The van der Waals surface area contributed by atoms with Gasteiger partial charge in [-0.2, -0.15) is 0 Å². The number of carbonyl (C=O) groups is 1. The minimum atomic E-state index is -3.62. The highest BCUT2D eigenvalue weighted by Gasteiger charge is 2.17. The van der Waals surface area contributed by atoms with E-state index in [1.165, 1.54) is 24.5 Å². The number of likely N-dealkylation sites (N-methyl/N-ethyl adjacent to an activating group) is 1. The molecule has 144 valence electrons. The molecule has 0 bridgehead atoms. The van der Waals surface area contributed by atoms with E-state index in [9.17, 15) is 13.2 Å². The zero-order chi connectivity index (χ0) is 19.3. The Morgan fingerprint density at radius 2 is 1.85 bits per heavy atom. The Bertz CT molecular complexity index is 882. The van der Waals surface area contributed by atoms with Crippen molar-refractivity contribution in [3.8, 4) is 0 Å². The number of carbonyl (C=O) groups excluding carboxylic acids is 1. The number of sulfonamides is 1. The minimum Gasteiger partial charge on any atom is -0.468 e. The molecule has 1 aliphatic rings. The predicted molar refractivity (Wildman–Crippen MR) is 102 cm³/mol. The topological polar surface area (TPSA) is 82.9 Å². The van der Waals surface area contributed by atoms with E-state index >= 15 is 0 Å². The molecule has 1 amide bonds. The smallest absolute Gasteiger partial charge is 0.246 e. The lowest BCUT2D eigenvalue weighted by Crippen LogP contribution is -2.46. The Kier molecular flexibility index (Phi) is 6.10. The Hall–Kier alpha value is -2.42. The van der Waals surface area contributed by atoms with E-state index in [1.807, 2.05) is 11.9 Å². The normalized spacial score (nSPS) is 16.1. The summed E-state index contributed by atoms with van der Waals surface area (Å²) in [6.45, 7) is 3.28. The van der Waals surface area contributed by atoms with Gasteiger partial charge in [0.25, 0.3) is 0 Å². The van der Waals surface area contributed by atoms with Crippen LogP contribution in [0.15, 0.2) is 58.1 Å². The molecule has 0 spiro atoms. The molecule has 0 saturated carbocycles. The molecule has 0 unspecified atom stereocenters. The monoisotopic (exact) mass is 389 g/mol. The molecule has 1 N–H and O–H groups in total. The van der Waals surface area contributed by atoms with E-state index in [1.54, 1.807) is 30.3 Å². The maximum Gasteiger partial charge on any atom is 0.246 e. The molecule has 1 aromatic heterocycles. The Morgan fingerprint density at radius 1 is 1.15 bits per heavy atom. The van der Waals surface area contributed by atoms with Crippen LogP contribution in [0, 0.1) is 0 Å². The first-order valence-electron chi connectivity index (χ1n) is 8.72. The number of furan rings is 1. The van der Waals surface area contributed by atoms with Gasteiger partial charge < -0.3 is 14.2 Å². The lowest BCUT2D eigenvalue weighted by Gasteiger charge is -2.31. The van der Waals surface area contributed by atoms with E-state index in [4.69, 9.17) is 4.42 Å². The molecule has 1 fully saturated rings. The van der Waals surface area contributed by atoms with Crippen LogP contribution in [0.2, 0.25) is 0 Å². The van der Waals surface area contributed by atoms with Crippen LogP contribution in [0.3, 0.4) is 0 Å². The van der Waals surface area contributed by atoms with Crippen molar-refractivity contribution in [2.24, 2.45) is 0 Å². The van der Waals surface area contributed by atoms with Gasteiger partial charge in [-0.3, -0.25) is 4.79 Å². The number of piperazine rings is 1. The molecule has 1 aliphatic heterocycles. The average Bonchev–Trinajstić information content (AvgIpc) is 3.19. The molecule has 8 heteroatoms. The lowest BCUT2D eigenvalue weighted by molar-refractivity contribution is -0.127. The van der Waals surface area contributed by atoms with Gasteiger partial charge in [0.1, 0.15) is 5.76 Å². The molecule has 0 aliphatic carbocycles. The molecule has 2 heterocycles. The highest BCUT2D eigenvalue weighted by Crippen LogP contribution is 2.13. The van der Waals surface area contributed by atoms with E-state index in [-0.39, 0.29) is 17.3 Å². The maximum atomic E-state index is 12.3. The summed E-state index contributed by atoms with van der Waals surface area (Å²) in [5, 5.41) is 0. The van der Waals surface area contributed by atoms with E-state index in [2.05, 4.69) is 9.62 Å². The van der Waals surface area contributed by atoms with Crippen molar-refractivity contribution < 1.29 is 17.6 Å². The third kappa shape index (κ3) is 5.29. The zero-order valence-electron chi connectivity index (χ0n) is 15.2. The van der Waals surface area contributed by atoms with Gasteiger partial charge in [-0.15, -0.1) is 0 Å². The van der Waals surface area contributed by atoms with Crippen LogP contribution in [-0.4, -0.2) is 57.4 Å². The molecule has 0 radical (unpaired) electrons. The predicted octanol–water partition coefficient (Wildman–Crippen LogP) is 1.55. The zero-order valence-corrected chi connectivity index (χ0v) is 16.0. The second-order valence-electron chi connectivity index (χ2n) is 6.43. The van der Waals surface area contributed by atoms with Crippen molar-refractivity contribution in [3.63, 3.8) is 0 Å². The van der Waals surface area contributed by atoms with Crippen molar-refractivity contribution >= 4 is 22.0 Å². The maximum absolute atomic E-state index is 12.3. The number of rotatable bonds is 6. The fraction of sp³-hybridized carbons (Fsp3) is 0.316. The summed E-state index contributed by atoms with van der Waals surface area (Å²) in [6, 6.07) is 9.79. The first kappa shape index (κ1) is 19.3. The van der Waals surface area contributed by atoms with Crippen LogP contribution in [0.5, 0.6) is 0 Å². The second kappa shape index (κ2) is 8.51. The van der Waals surface area contributed by atoms with Gasteiger partial charge in [0.15, 0.2) is 0 Å². The van der Waals surface area contributed by atoms with Crippen molar-refractivity contribution in [1.82, 2.24) is 14.5 Å². The van der Waals surface area contributed by atoms with Gasteiger partial charge in [-0.25, -0.2) is 13.1 Å². The number of benzene rings is 1. The number of amides is 1. The van der Waals surface area contributed by atoms with E-state index < -0.39 is 10.0 Å². The summed E-state index contributed by atoms with van der Waals surface area (Å²) in [7, 11) is -1.58. The molecular formula is C19H23N3O4S. The van der Waals surface area contributed by atoms with Crippen LogP contribution in [0.1, 0.15) is 11.3 Å². The molecule has 3 rings (SSSR count). The fourth-order valence-corrected chi connectivity index (χ4v) is 3.71. The van der Waals surface area contributed by atoms with Crippen molar-refractivity contribution in [2.75, 3.05) is 33.2 Å². The summed E-state index contributed by atoms with van der Waals surface area (Å²) in [4.78, 5) is 16.4. The fourth-order valence-electron chi connectivity index (χ4n) is 2.72. The van der Waals surface area contributed by atoms with Gasteiger partial charge in [-0.1, -0.05) is 12.1 Å². The standard InChI is InChI=1S/C19H23N3O4S/c1-21-10-12-22(13-11-21)19(23)9-6-16-4-7-18(8-5-16)27(24,25)20-15-17-3-2-14-26-17/h2-9,14,20H,10-13,15H2,1H3. The highest BCUT2D eigenvalue weighted by molar-refractivity contribution is 7.89. The van der Waals surface area contributed by atoms with Crippen molar-refractivity contribution in [3.05, 3.63) is 60.1 Å². The summed E-state index contributed by atoms with van der Waals surface area (Å²) in [5.41, 5.74) is 0.766. The Balaban J connectivity index is 1.58. The Morgan fingerprint density at radius 3 is 2.48 bits per heavy atom. The first-order chi connectivity index (χ1) is 12.9. The van der Waals surface area contributed by atoms with Crippen molar-refractivity contribution in [1.29, 1.82) is 0 Å². The van der Waals surface area contributed by atoms with Gasteiger partial charge in [0.2, 0.25) is 15.9 Å². The molecule has 0 atom stereocenters. The number of nitrogens with one attached hydrogen (secondary N) is 1. The summed E-state index contributed by atoms with van der Waals surface area (Å²) in [6.07, 6.45) is 4.73. The quantitative estimate of drug-likeness (QED) is 0.758. The van der Waals surface area contributed by atoms with Crippen LogP contribution in [-0.2, 0) is 21.4 Å². The van der Waals surface area contributed by atoms with Crippen LogP contribution >= 0.6 is 0 Å². The first-order valence-corrected chi connectivity index (χ1v) is 10.2. The van der Waals surface area contributed by atoms with Crippen LogP contribution in [0.25, 0.3) is 6.08 Å². The molecular weight excluding hydrogens is 366 g/mol. The second-order valence-corrected chi connectivity index (χ2v) is 8.20. The SMILES string of the molecule is CN1CCN(C(=O)C=Cc2ccc(S(=O)(=O)NCc3ccco3)cc2)CC1. The van der Waals surface area contributed by atoms with Crippen molar-refractivity contribution in [2.45, 2.75) is 11.4 Å². The van der Waals surface area contributed by atoms with Crippen LogP contribution < -0.4 is 4.72 Å². The molecule has 1 aromatic carbocycles. The van der Waals surface area contributed by atoms with Crippen LogP contribution in [0.4, 0.5) is 0 Å². The molecule has 1 saturated heterocycles. The largest absolute Gasteiger partial charge is 0.468 e. The van der Waals surface area contributed by atoms with Gasteiger partial charge >= 0.3 is 0 Å². The third-order valence-corrected chi connectivity index (χ3v) is 5.86. The lowest BCUT2D eigenvalue weighted by atomic mass is 10.2. The van der Waals surface area contributed by atoms with Gasteiger partial charge in [-0.05, 0) is 43.0 Å². The molecule has 27 heavy (non-hydrogen) atoms. The average molecular weight is 389 g/mol. The van der Waals surface area contributed by atoms with Gasteiger partial charge in [0.05, 0.1) is 17.7 Å². The molecule has 2 aromatic rings. The number of nitrogens with zero attached hydrogens (tertiary/aromatic N) is 2. The Labute approximate surface area is 159 Å². The molecule has 7 nitrogen and oxygen atoms in total. The number of hydrogen-bond acceptors (Lipinski definition) is 5. The van der Waals surface area contributed by atoms with E-state index in [0.717, 1.165) is 31.7 Å². The highest BCUT2D eigenvalue weighted by atomic mass is 32.2.